The van der Waals surface area contributed by atoms with Crippen molar-refractivity contribution in [3.63, 3.8) is 0 Å². The Morgan fingerprint density at radius 3 is 2.33 bits per heavy atom. The zero-order chi connectivity index (χ0) is 15.4. The topological polar surface area (TPSA) is 15.3 Å². The fraction of sp³-hybridized carbons (Fsp3) is 1.00. The number of hydrogen-bond acceptors (Lipinski definition) is 3. The summed E-state index contributed by atoms with van der Waals surface area (Å²) in [5, 5.41) is 4.77. The second-order valence-corrected chi connectivity index (χ2v) is 8.71. The third kappa shape index (κ3) is 4.39. The second kappa shape index (κ2) is 8.21. The van der Waals surface area contributed by atoms with Gasteiger partial charge in [0.25, 0.3) is 0 Å². The lowest BCUT2D eigenvalue weighted by Gasteiger charge is -2.49. The first-order valence-electron chi connectivity index (χ1n) is 9.08. The van der Waals surface area contributed by atoms with Crippen molar-refractivity contribution >= 4 is 11.8 Å². The third-order valence-corrected chi connectivity index (χ3v) is 7.11. The van der Waals surface area contributed by atoms with E-state index in [2.05, 4.69) is 55.9 Å². The van der Waals surface area contributed by atoms with Crippen LogP contribution in [0.1, 0.15) is 59.8 Å². The van der Waals surface area contributed by atoms with E-state index >= 15 is 0 Å². The number of nitrogens with zero attached hydrogens (tertiary/aromatic N) is 1. The maximum atomic E-state index is 3.84. The lowest BCUT2D eigenvalue weighted by molar-refractivity contribution is 0.0292. The van der Waals surface area contributed by atoms with E-state index in [1.54, 1.807) is 0 Å². The number of rotatable bonds is 5. The molecule has 3 atom stereocenters. The maximum Gasteiger partial charge on any atom is 0.0247 e. The highest BCUT2D eigenvalue weighted by Gasteiger charge is 2.36. The normalized spacial score (nSPS) is 36.9. The molecule has 2 fully saturated rings. The van der Waals surface area contributed by atoms with Gasteiger partial charge in [0.05, 0.1) is 0 Å². The van der Waals surface area contributed by atoms with Gasteiger partial charge in [-0.25, -0.2) is 0 Å². The van der Waals surface area contributed by atoms with Crippen LogP contribution in [-0.2, 0) is 0 Å². The SMILES string of the molecule is CCC(C)C1CN(C2CCC(SC)CC2)C(C(C)C)CN1. The van der Waals surface area contributed by atoms with Crippen molar-refractivity contribution in [2.24, 2.45) is 11.8 Å². The molecule has 1 saturated heterocycles. The molecule has 1 aliphatic heterocycles. The molecule has 3 heteroatoms. The van der Waals surface area contributed by atoms with Crippen molar-refractivity contribution in [2.45, 2.75) is 83.2 Å². The quantitative estimate of drug-likeness (QED) is 0.826. The average Bonchev–Trinajstić information content (AvgIpc) is 2.53. The standard InChI is InChI=1S/C18H36N2S/c1-6-14(4)17-12-20(18(11-19-17)13(2)3)15-7-9-16(21-5)10-8-15/h13-19H,6-12H2,1-5H3. The molecule has 1 saturated carbocycles. The Morgan fingerprint density at radius 1 is 1.14 bits per heavy atom. The van der Waals surface area contributed by atoms with E-state index in [0.29, 0.717) is 6.04 Å². The molecule has 1 N–H and O–H groups in total. The van der Waals surface area contributed by atoms with Crippen LogP contribution < -0.4 is 5.32 Å². The first-order valence-corrected chi connectivity index (χ1v) is 10.4. The summed E-state index contributed by atoms with van der Waals surface area (Å²) in [5.41, 5.74) is 0. The summed E-state index contributed by atoms with van der Waals surface area (Å²) in [5.74, 6) is 1.55. The number of nitrogens with one attached hydrogen (secondary N) is 1. The van der Waals surface area contributed by atoms with Gasteiger partial charge in [0, 0.05) is 36.5 Å². The van der Waals surface area contributed by atoms with Crippen molar-refractivity contribution in [1.29, 1.82) is 0 Å². The van der Waals surface area contributed by atoms with Gasteiger partial charge < -0.3 is 5.32 Å². The van der Waals surface area contributed by atoms with Gasteiger partial charge in [0.2, 0.25) is 0 Å². The fourth-order valence-corrected chi connectivity index (χ4v) is 4.88. The minimum atomic E-state index is 0.697. The molecule has 0 radical (unpaired) electrons. The van der Waals surface area contributed by atoms with Gasteiger partial charge in [0.1, 0.15) is 0 Å². The largest absolute Gasteiger partial charge is 0.311 e. The van der Waals surface area contributed by atoms with Crippen LogP contribution in [0.25, 0.3) is 0 Å². The van der Waals surface area contributed by atoms with Crippen LogP contribution in [0.4, 0.5) is 0 Å². The smallest absolute Gasteiger partial charge is 0.0247 e. The summed E-state index contributed by atoms with van der Waals surface area (Å²) in [6.07, 6.45) is 9.26. The Labute approximate surface area is 136 Å². The van der Waals surface area contributed by atoms with Crippen molar-refractivity contribution in [3.05, 3.63) is 0 Å². The Morgan fingerprint density at radius 2 is 1.81 bits per heavy atom. The zero-order valence-electron chi connectivity index (χ0n) is 14.8. The minimum Gasteiger partial charge on any atom is -0.311 e. The Hall–Kier alpha value is 0.270. The van der Waals surface area contributed by atoms with Crippen LogP contribution >= 0.6 is 11.8 Å². The van der Waals surface area contributed by atoms with Crippen LogP contribution in [0.2, 0.25) is 0 Å². The van der Waals surface area contributed by atoms with Crippen LogP contribution in [0, 0.1) is 11.8 Å². The summed E-state index contributed by atoms with van der Waals surface area (Å²) in [7, 11) is 0. The molecule has 2 aliphatic rings. The summed E-state index contributed by atoms with van der Waals surface area (Å²) in [6, 6.07) is 2.28. The van der Waals surface area contributed by atoms with E-state index in [4.69, 9.17) is 0 Å². The first kappa shape index (κ1) is 17.6. The van der Waals surface area contributed by atoms with Crippen LogP contribution in [0.3, 0.4) is 0 Å². The monoisotopic (exact) mass is 312 g/mol. The molecule has 0 aromatic rings. The van der Waals surface area contributed by atoms with Crippen molar-refractivity contribution in [3.8, 4) is 0 Å². The molecule has 2 nitrogen and oxygen atoms in total. The Kier molecular flexibility index (Phi) is 6.89. The van der Waals surface area contributed by atoms with Gasteiger partial charge in [-0.15, -0.1) is 0 Å². The fourth-order valence-electron chi connectivity index (χ4n) is 4.13. The summed E-state index contributed by atoms with van der Waals surface area (Å²) >= 11 is 2.08. The number of piperazine rings is 1. The highest BCUT2D eigenvalue weighted by Crippen LogP contribution is 2.33. The molecular formula is C18H36N2S. The molecule has 124 valence electrons. The molecule has 1 aliphatic carbocycles. The second-order valence-electron chi connectivity index (χ2n) is 7.57. The van der Waals surface area contributed by atoms with Gasteiger partial charge in [-0.1, -0.05) is 34.1 Å². The highest BCUT2D eigenvalue weighted by molar-refractivity contribution is 7.99. The van der Waals surface area contributed by atoms with Gasteiger partial charge in [-0.2, -0.15) is 11.8 Å². The Bertz CT molecular complexity index is 300. The van der Waals surface area contributed by atoms with Crippen molar-refractivity contribution in [2.75, 3.05) is 19.3 Å². The van der Waals surface area contributed by atoms with E-state index in [1.165, 1.54) is 45.2 Å². The maximum absolute atomic E-state index is 3.84. The predicted molar refractivity (Wildman–Crippen MR) is 96.1 cm³/mol. The van der Waals surface area contributed by atoms with Gasteiger partial charge in [-0.3, -0.25) is 4.90 Å². The first-order chi connectivity index (χ1) is 10.1. The predicted octanol–water partition coefficient (Wildman–Crippen LogP) is 4.01. The van der Waals surface area contributed by atoms with Gasteiger partial charge >= 0.3 is 0 Å². The van der Waals surface area contributed by atoms with Crippen molar-refractivity contribution < 1.29 is 0 Å². The number of hydrogen-bond donors (Lipinski definition) is 1. The zero-order valence-corrected chi connectivity index (χ0v) is 15.6. The number of thioether (sulfide) groups is 1. The van der Waals surface area contributed by atoms with Crippen LogP contribution in [-0.4, -0.2) is 47.6 Å². The van der Waals surface area contributed by atoms with E-state index in [0.717, 1.165) is 29.2 Å². The van der Waals surface area contributed by atoms with E-state index in [9.17, 15) is 0 Å². The highest BCUT2D eigenvalue weighted by atomic mass is 32.2. The van der Waals surface area contributed by atoms with Crippen LogP contribution in [0.15, 0.2) is 0 Å². The molecule has 0 aromatic heterocycles. The average molecular weight is 313 g/mol. The van der Waals surface area contributed by atoms with Gasteiger partial charge in [-0.05, 0) is 43.8 Å². The molecular weight excluding hydrogens is 276 g/mol. The summed E-state index contributed by atoms with van der Waals surface area (Å²) in [4.78, 5) is 2.90. The molecule has 3 unspecified atom stereocenters. The third-order valence-electron chi connectivity index (χ3n) is 5.97. The molecule has 0 amide bonds. The van der Waals surface area contributed by atoms with E-state index in [-0.39, 0.29) is 0 Å². The molecule has 2 rings (SSSR count). The lowest BCUT2D eigenvalue weighted by Crippen LogP contribution is -2.62. The molecule has 21 heavy (non-hydrogen) atoms. The molecule has 0 bridgehead atoms. The molecule has 0 spiro atoms. The summed E-state index contributed by atoms with van der Waals surface area (Å²) in [6.45, 7) is 12.0. The minimum absolute atomic E-state index is 0.697. The van der Waals surface area contributed by atoms with Crippen molar-refractivity contribution in [1.82, 2.24) is 10.2 Å². The van der Waals surface area contributed by atoms with Crippen LogP contribution in [0.5, 0.6) is 0 Å². The molecule has 1 heterocycles. The Balaban J connectivity index is 2.00. The molecule has 0 aromatic carbocycles. The lowest BCUT2D eigenvalue weighted by atomic mass is 9.86. The van der Waals surface area contributed by atoms with E-state index in [1.807, 2.05) is 0 Å². The van der Waals surface area contributed by atoms with E-state index < -0.39 is 0 Å². The summed E-state index contributed by atoms with van der Waals surface area (Å²) < 4.78 is 0. The van der Waals surface area contributed by atoms with Gasteiger partial charge in [0.15, 0.2) is 0 Å².